The maximum absolute atomic E-state index is 13.8. The van der Waals surface area contributed by atoms with Gasteiger partial charge in [-0.25, -0.2) is 26.9 Å². The highest BCUT2D eigenvalue weighted by Gasteiger charge is 2.28. The zero-order valence-corrected chi connectivity index (χ0v) is 17.3. The van der Waals surface area contributed by atoms with Gasteiger partial charge in [0.05, 0.1) is 22.1 Å². The van der Waals surface area contributed by atoms with Crippen LogP contribution in [-0.4, -0.2) is 34.4 Å². The van der Waals surface area contributed by atoms with Gasteiger partial charge in [-0.05, 0) is 37.3 Å². The number of benzene rings is 1. The van der Waals surface area contributed by atoms with E-state index in [0.29, 0.717) is 12.2 Å². The lowest BCUT2D eigenvalue weighted by Gasteiger charge is -2.21. The molecule has 2 aromatic rings. The summed E-state index contributed by atoms with van der Waals surface area (Å²) in [6.07, 6.45) is 3.99. The first-order valence-electron chi connectivity index (χ1n) is 9.46. The molecular weight excluding hydrogens is 453 g/mol. The Labute approximate surface area is 183 Å². The Morgan fingerprint density at radius 2 is 1.75 bits per heavy atom. The van der Waals surface area contributed by atoms with Crippen molar-refractivity contribution in [3.05, 3.63) is 58.7 Å². The zero-order valence-electron chi connectivity index (χ0n) is 16.5. The monoisotopic (exact) mass is 469 g/mol. The fraction of sp³-hybridized carbons (Fsp3) is 0.318. The molecule has 1 aromatic heterocycles. The summed E-state index contributed by atoms with van der Waals surface area (Å²) in [5.74, 6) is -1.01. The van der Waals surface area contributed by atoms with Crippen molar-refractivity contribution in [1.29, 1.82) is 0 Å². The zero-order chi connectivity index (χ0) is 23.1. The van der Waals surface area contributed by atoms with Crippen LogP contribution in [0.15, 0.2) is 23.2 Å². The van der Waals surface area contributed by atoms with E-state index in [9.17, 15) is 26.2 Å². The minimum atomic E-state index is -2.59. The molecule has 168 valence electrons. The molecule has 10 heteroatoms. The van der Waals surface area contributed by atoms with E-state index in [2.05, 4.69) is 28.7 Å². The molecule has 0 saturated carbocycles. The van der Waals surface area contributed by atoms with Crippen molar-refractivity contribution in [2.24, 2.45) is 0 Å². The predicted octanol–water partition coefficient (Wildman–Crippen LogP) is 3.83. The topological polar surface area (TPSA) is 48.4 Å². The first kappa shape index (κ1) is 23.9. The van der Waals surface area contributed by atoms with Crippen molar-refractivity contribution in [1.82, 2.24) is 4.98 Å². The third-order valence-electron chi connectivity index (χ3n) is 4.32. The summed E-state index contributed by atoms with van der Waals surface area (Å²) in [5.41, 5.74) is 0.624. The molecule has 2 heterocycles. The van der Waals surface area contributed by atoms with Crippen molar-refractivity contribution < 1.29 is 35.6 Å². The number of nitrogens with zero attached hydrogens (tertiary/aromatic N) is 1. The second-order valence-electron chi connectivity index (χ2n) is 6.50. The van der Waals surface area contributed by atoms with Crippen LogP contribution >= 0.6 is 0 Å². The van der Waals surface area contributed by atoms with Gasteiger partial charge >= 0.3 is 0 Å². The van der Waals surface area contributed by atoms with Crippen molar-refractivity contribution in [2.75, 3.05) is 19.0 Å². The quantitative estimate of drug-likeness (QED) is 0.296. The molecule has 0 bridgehead atoms. The van der Waals surface area contributed by atoms with Crippen LogP contribution in [-0.2, 0) is 20.3 Å². The van der Waals surface area contributed by atoms with Crippen molar-refractivity contribution >= 4 is 10.8 Å². The van der Waals surface area contributed by atoms with E-state index in [1.807, 2.05) is 0 Å². The van der Waals surface area contributed by atoms with Gasteiger partial charge in [0.25, 0.3) is 0 Å². The van der Waals surface area contributed by atoms with E-state index < -0.39 is 50.5 Å². The normalized spacial score (nSPS) is 16.5. The second-order valence-corrected chi connectivity index (χ2v) is 7.89. The average molecular weight is 469 g/mol. The molecule has 1 saturated heterocycles. The lowest BCUT2D eigenvalue weighted by molar-refractivity contribution is -0.154. The van der Waals surface area contributed by atoms with E-state index in [1.54, 1.807) is 12.1 Å². The van der Waals surface area contributed by atoms with E-state index in [0.717, 1.165) is 19.3 Å². The molecule has 1 fully saturated rings. The molecule has 0 aliphatic carbocycles. The molecular formula is C22H16F5NO3S. The third-order valence-corrected chi connectivity index (χ3v) is 5.54. The van der Waals surface area contributed by atoms with E-state index >= 15 is 0 Å². The molecule has 0 amide bonds. The lowest BCUT2D eigenvalue weighted by Crippen LogP contribution is -2.22. The summed E-state index contributed by atoms with van der Waals surface area (Å²) in [7, 11) is -2.59. The average Bonchev–Trinajstić information content (AvgIpc) is 2.81. The van der Waals surface area contributed by atoms with Crippen molar-refractivity contribution in [3.63, 3.8) is 0 Å². The largest absolute Gasteiger partial charge is 0.353 e. The molecule has 32 heavy (non-hydrogen) atoms. The highest BCUT2D eigenvalue weighted by Crippen LogP contribution is 2.25. The van der Waals surface area contributed by atoms with E-state index in [-0.39, 0.29) is 18.6 Å². The Bertz CT molecular complexity index is 1110. The van der Waals surface area contributed by atoms with Gasteiger partial charge in [0.2, 0.25) is 5.82 Å². The van der Waals surface area contributed by atoms with Gasteiger partial charge < -0.3 is 9.47 Å². The maximum atomic E-state index is 13.8. The molecule has 2 unspecified atom stereocenters. The van der Waals surface area contributed by atoms with Crippen LogP contribution in [0.3, 0.4) is 0 Å². The Morgan fingerprint density at radius 1 is 1.03 bits per heavy atom. The number of ether oxygens (including phenoxy) is 2. The Balaban J connectivity index is 1.69. The highest BCUT2D eigenvalue weighted by atomic mass is 32.2. The Morgan fingerprint density at radius 3 is 2.44 bits per heavy atom. The van der Waals surface area contributed by atoms with Gasteiger partial charge in [0.15, 0.2) is 29.6 Å². The number of hydrogen-bond donors (Lipinski definition) is 0. The fourth-order valence-electron chi connectivity index (χ4n) is 2.76. The minimum absolute atomic E-state index is 0.109. The van der Waals surface area contributed by atoms with Gasteiger partial charge in [-0.15, -0.1) is 0 Å². The van der Waals surface area contributed by atoms with Gasteiger partial charge in [-0.1, -0.05) is 17.8 Å². The summed E-state index contributed by atoms with van der Waals surface area (Å²) in [4.78, 5) is 2.67. The highest BCUT2D eigenvalue weighted by molar-refractivity contribution is 7.85. The maximum Gasteiger partial charge on any atom is 0.200 e. The van der Waals surface area contributed by atoms with Crippen LogP contribution in [0.1, 0.15) is 30.5 Å². The van der Waals surface area contributed by atoms with Crippen molar-refractivity contribution in [2.45, 2.75) is 30.4 Å². The third kappa shape index (κ3) is 5.71. The van der Waals surface area contributed by atoms with Gasteiger partial charge in [-0.2, -0.15) is 0 Å². The fourth-order valence-corrected chi connectivity index (χ4v) is 3.68. The second kappa shape index (κ2) is 11.2. The predicted molar refractivity (Wildman–Crippen MR) is 105 cm³/mol. The summed E-state index contributed by atoms with van der Waals surface area (Å²) >= 11 is 0. The molecule has 2 atom stereocenters. The number of aromatic nitrogens is 1. The molecule has 4 nitrogen and oxygen atoms in total. The smallest absolute Gasteiger partial charge is 0.200 e. The van der Waals surface area contributed by atoms with E-state index in [4.69, 9.17) is 9.47 Å². The van der Waals surface area contributed by atoms with Crippen LogP contribution in [0.4, 0.5) is 22.0 Å². The van der Waals surface area contributed by atoms with Crippen LogP contribution in [0.2, 0.25) is 0 Å². The summed E-state index contributed by atoms with van der Waals surface area (Å²) in [6.45, 7) is 0.753. The summed E-state index contributed by atoms with van der Waals surface area (Å²) < 4.78 is 90.3. The molecule has 0 spiro atoms. The molecule has 1 aliphatic heterocycles. The minimum Gasteiger partial charge on any atom is -0.353 e. The van der Waals surface area contributed by atoms with Crippen molar-refractivity contribution in [3.8, 4) is 23.7 Å². The molecule has 3 rings (SSSR count). The summed E-state index contributed by atoms with van der Waals surface area (Å²) in [5, 5.41) is 0. The van der Waals surface area contributed by atoms with Crippen LogP contribution in [0.5, 0.6) is 0 Å². The van der Waals surface area contributed by atoms with Crippen LogP contribution < -0.4 is 0 Å². The van der Waals surface area contributed by atoms with Crippen LogP contribution in [0.25, 0.3) is 0 Å². The van der Waals surface area contributed by atoms with Crippen LogP contribution in [0, 0.1) is 52.8 Å². The molecule has 0 radical (unpaired) electrons. The van der Waals surface area contributed by atoms with Gasteiger partial charge in [0.1, 0.15) is 17.2 Å². The number of halogens is 5. The Kier molecular flexibility index (Phi) is 8.34. The van der Waals surface area contributed by atoms with Gasteiger partial charge in [0, 0.05) is 12.8 Å². The van der Waals surface area contributed by atoms with Gasteiger partial charge in [-0.3, -0.25) is 4.21 Å². The molecule has 1 aliphatic rings. The molecule has 1 aromatic carbocycles. The number of rotatable bonds is 4. The first-order valence-corrected chi connectivity index (χ1v) is 10.8. The van der Waals surface area contributed by atoms with E-state index in [1.165, 1.54) is 6.20 Å². The SMILES string of the molecule is O=S(CC#Cc1cccnc1C#CCOC1CCCCO1)c1c(F)c(F)c(F)c(F)c1F. The number of pyridine rings is 1. The number of hydrogen-bond acceptors (Lipinski definition) is 4. The molecule has 0 N–H and O–H groups in total. The summed E-state index contributed by atoms with van der Waals surface area (Å²) in [6, 6.07) is 3.14. The lowest BCUT2D eigenvalue weighted by atomic mass is 10.2. The first-order chi connectivity index (χ1) is 15.4. The Hall–Kier alpha value is -2.79. The standard InChI is InChI=1S/C22H16F5NO3S/c23-17-18(24)20(26)22(21(27)19(17)25)32(29)13-5-7-14-6-3-10-28-15(14)8-4-12-31-16-9-1-2-11-30-16/h3,6,10,16H,1-2,9,11-13H2.